The van der Waals surface area contributed by atoms with Gasteiger partial charge < -0.3 is 9.47 Å². The highest BCUT2D eigenvalue weighted by Gasteiger charge is 2.26. The molecule has 0 fully saturated rings. The Labute approximate surface area is 215 Å². The van der Waals surface area contributed by atoms with Crippen LogP contribution in [-0.2, 0) is 0 Å². The Morgan fingerprint density at radius 3 is 2.57 bits per heavy atom. The van der Waals surface area contributed by atoms with Gasteiger partial charge in [-0.3, -0.25) is 4.79 Å². The van der Waals surface area contributed by atoms with Gasteiger partial charge in [-0.05, 0) is 61.0 Å². The number of nitrogens with zero attached hydrogens (tertiary/aromatic N) is 3. The van der Waals surface area contributed by atoms with Crippen molar-refractivity contribution < 1.29 is 14.3 Å². The molecule has 0 aliphatic carbocycles. The van der Waals surface area contributed by atoms with E-state index in [2.05, 4.69) is 10.1 Å². The molecule has 0 aliphatic rings. The van der Waals surface area contributed by atoms with E-state index in [0.29, 0.717) is 21.6 Å². The predicted molar refractivity (Wildman–Crippen MR) is 145 cm³/mol. The smallest absolute Gasteiger partial charge is 0.292 e. The number of thiophene rings is 1. The summed E-state index contributed by atoms with van der Waals surface area (Å²) in [6.07, 6.45) is 1.63. The fourth-order valence-electron chi connectivity index (χ4n) is 3.49. The number of hydrogen-bond acceptors (Lipinski definition) is 7. The van der Waals surface area contributed by atoms with Gasteiger partial charge in [0.15, 0.2) is 0 Å². The molecule has 0 unspecified atom stereocenters. The molecule has 0 N–H and O–H groups in total. The fourth-order valence-corrected chi connectivity index (χ4v) is 5.88. The Morgan fingerprint density at radius 2 is 1.83 bits per heavy atom. The molecule has 5 rings (SSSR count). The lowest BCUT2D eigenvalue weighted by molar-refractivity contribution is 0.0992. The minimum absolute atomic E-state index is 0.343. The number of carbonyl (C=O) groups excluding carboxylic acids is 1. The molecule has 1 amide bonds. The molecule has 2 aromatic heterocycles. The molecule has 0 atom stereocenters. The maximum Gasteiger partial charge on any atom is 0.292 e. The number of anilines is 1. The number of halogens is 1. The maximum absolute atomic E-state index is 13.8. The van der Waals surface area contributed by atoms with Crippen molar-refractivity contribution in [2.75, 3.05) is 18.7 Å². The number of carbonyl (C=O) groups is 1. The summed E-state index contributed by atoms with van der Waals surface area (Å²) in [5.41, 5.74) is 1.57. The summed E-state index contributed by atoms with van der Waals surface area (Å²) in [6, 6.07) is 20.8. The van der Waals surface area contributed by atoms with Crippen molar-refractivity contribution in [3.63, 3.8) is 0 Å². The first-order valence-corrected chi connectivity index (χ1v) is 12.8. The van der Waals surface area contributed by atoms with Crippen molar-refractivity contribution in [2.24, 2.45) is 5.10 Å². The molecule has 0 spiro atoms. The molecule has 0 aliphatic heterocycles. The highest BCUT2D eigenvalue weighted by atomic mass is 35.5. The normalized spacial score (nSPS) is 11.4. The first-order valence-electron chi connectivity index (χ1n) is 10.8. The summed E-state index contributed by atoms with van der Waals surface area (Å²) >= 11 is 9.33. The van der Waals surface area contributed by atoms with Crippen molar-refractivity contribution in [3.8, 4) is 11.5 Å². The van der Waals surface area contributed by atoms with Gasteiger partial charge in [-0.1, -0.05) is 41.1 Å². The lowest BCUT2D eigenvalue weighted by Crippen LogP contribution is -2.25. The SMILES string of the molecule is CCOc1ccc(/C=N/N(C(=O)c2sc3ccccc3c2Cl)c2nc3ccc(OC)cc3s2)cc1. The van der Waals surface area contributed by atoms with Gasteiger partial charge in [0.05, 0.1) is 35.2 Å². The fraction of sp³-hybridized carbons (Fsp3) is 0.115. The van der Waals surface area contributed by atoms with Gasteiger partial charge in [0.25, 0.3) is 5.91 Å². The van der Waals surface area contributed by atoms with Gasteiger partial charge in [0.1, 0.15) is 16.4 Å². The van der Waals surface area contributed by atoms with Crippen LogP contribution in [0.1, 0.15) is 22.2 Å². The standard InChI is InChI=1S/C26H20ClN3O3S2/c1-3-33-17-10-8-16(9-11-17)15-28-30(26-29-20-13-12-18(32-2)14-22(20)35-26)25(31)24-23(27)19-6-4-5-7-21(19)34-24/h4-15H,3H2,1-2H3/b28-15+. The molecular weight excluding hydrogens is 502 g/mol. The zero-order valence-corrected chi connectivity index (χ0v) is 21.3. The van der Waals surface area contributed by atoms with Crippen molar-refractivity contribution in [1.29, 1.82) is 0 Å². The van der Waals surface area contributed by atoms with Crippen molar-refractivity contribution in [1.82, 2.24) is 4.98 Å². The van der Waals surface area contributed by atoms with Gasteiger partial charge in [-0.15, -0.1) is 11.3 Å². The Kier molecular flexibility index (Phi) is 6.68. The predicted octanol–water partition coefficient (Wildman–Crippen LogP) is 7.25. The van der Waals surface area contributed by atoms with Gasteiger partial charge in [0, 0.05) is 10.1 Å². The van der Waals surface area contributed by atoms with Gasteiger partial charge >= 0.3 is 0 Å². The number of benzene rings is 3. The van der Waals surface area contributed by atoms with Crippen molar-refractivity contribution >= 4 is 71.8 Å². The van der Waals surface area contributed by atoms with Crippen LogP contribution in [0.3, 0.4) is 0 Å². The largest absolute Gasteiger partial charge is 0.497 e. The van der Waals surface area contributed by atoms with E-state index < -0.39 is 0 Å². The summed E-state index contributed by atoms with van der Waals surface area (Å²) in [5.74, 6) is 1.15. The molecular formula is C26H20ClN3O3S2. The summed E-state index contributed by atoms with van der Waals surface area (Å²) in [7, 11) is 1.61. The van der Waals surface area contributed by atoms with Gasteiger partial charge in [0.2, 0.25) is 5.13 Å². The van der Waals surface area contributed by atoms with E-state index in [4.69, 9.17) is 21.1 Å². The Morgan fingerprint density at radius 1 is 1.06 bits per heavy atom. The number of thiazole rings is 1. The van der Waals surface area contributed by atoms with Gasteiger partial charge in [-0.2, -0.15) is 10.1 Å². The minimum atomic E-state index is -0.343. The van der Waals surface area contributed by atoms with Crippen LogP contribution in [0.5, 0.6) is 11.5 Å². The first-order chi connectivity index (χ1) is 17.1. The number of amides is 1. The number of ether oxygens (including phenoxy) is 2. The third kappa shape index (κ3) is 4.73. The Balaban J connectivity index is 1.56. The Hall–Kier alpha value is -3.46. The molecule has 0 radical (unpaired) electrons. The zero-order valence-electron chi connectivity index (χ0n) is 18.9. The molecule has 6 nitrogen and oxygen atoms in total. The molecule has 3 aromatic carbocycles. The number of methoxy groups -OCH3 is 1. The average Bonchev–Trinajstić information content (AvgIpc) is 3.45. The number of hydrogen-bond donors (Lipinski definition) is 0. The maximum atomic E-state index is 13.8. The number of hydrazone groups is 1. The van der Waals surface area contributed by atoms with E-state index >= 15 is 0 Å². The van der Waals surface area contributed by atoms with Crippen LogP contribution < -0.4 is 14.5 Å². The molecule has 0 bridgehead atoms. The van der Waals surface area contributed by atoms with Crippen LogP contribution in [0.2, 0.25) is 5.02 Å². The van der Waals surface area contributed by atoms with Crippen LogP contribution in [0.15, 0.2) is 71.8 Å². The van der Waals surface area contributed by atoms with E-state index in [1.54, 1.807) is 13.3 Å². The summed E-state index contributed by atoms with van der Waals surface area (Å²) in [5, 5.41) is 7.55. The van der Waals surface area contributed by atoms with Crippen LogP contribution in [0.25, 0.3) is 20.3 Å². The van der Waals surface area contributed by atoms with E-state index in [1.807, 2.05) is 73.7 Å². The topological polar surface area (TPSA) is 64.0 Å². The molecule has 0 saturated heterocycles. The number of aromatic nitrogens is 1. The van der Waals surface area contributed by atoms with Crippen LogP contribution in [-0.4, -0.2) is 30.8 Å². The molecule has 0 saturated carbocycles. The summed E-state index contributed by atoms with van der Waals surface area (Å²) in [4.78, 5) is 18.8. The number of rotatable bonds is 7. The quantitative estimate of drug-likeness (QED) is 0.167. The van der Waals surface area contributed by atoms with Crippen LogP contribution in [0.4, 0.5) is 5.13 Å². The Bertz CT molecular complexity index is 1540. The third-order valence-electron chi connectivity index (χ3n) is 5.20. The van der Waals surface area contributed by atoms with Crippen LogP contribution in [0, 0.1) is 0 Å². The van der Waals surface area contributed by atoms with Crippen LogP contribution >= 0.6 is 34.3 Å². The average molecular weight is 522 g/mol. The second-order valence-electron chi connectivity index (χ2n) is 7.43. The third-order valence-corrected chi connectivity index (χ3v) is 7.86. The summed E-state index contributed by atoms with van der Waals surface area (Å²) < 4.78 is 12.7. The van der Waals surface area contributed by atoms with Crippen molar-refractivity contribution in [2.45, 2.75) is 6.92 Å². The lowest BCUT2D eigenvalue weighted by atomic mass is 10.2. The monoisotopic (exact) mass is 521 g/mol. The van der Waals surface area contributed by atoms with E-state index in [1.165, 1.54) is 27.7 Å². The molecule has 2 heterocycles. The van der Waals surface area contributed by atoms with E-state index in [0.717, 1.165) is 37.4 Å². The summed E-state index contributed by atoms with van der Waals surface area (Å²) in [6.45, 7) is 2.53. The van der Waals surface area contributed by atoms with E-state index in [-0.39, 0.29) is 5.91 Å². The highest BCUT2D eigenvalue weighted by Crippen LogP contribution is 2.38. The lowest BCUT2D eigenvalue weighted by Gasteiger charge is -2.13. The van der Waals surface area contributed by atoms with Gasteiger partial charge in [-0.25, -0.2) is 4.98 Å². The number of fused-ring (bicyclic) bond motifs is 2. The van der Waals surface area contributed by atoms with E-state index in [9.17, 15) is 4.79 Å². The molecule has 176 valence electrons. The highest BCUT2D eigenvalue weighted by molar-refractivity contribution is 7.23. The van der Waals surface area contributed by atoms with Crippen molar-refractivity contribution in [3.05, 3.63) is 82.2 Å². The molecule has 5 aromatic rings. The second kappa shape index (κ2) is 10.0. The first kappa shape index (κ1) is 23.3. The zero-order chi connectivity index (χ0) is 24.4. The second-order valence-corrected chi connectivity index (χ2v) is 9.87. The minimum Gasteiger partial charge on any atom is -0.497 e. The molecule has 9 heteroatoms. The molecule has 35 heavy (non-hydrogen) atoms.